The number of nitrogens with zero attached hydrogens (tertiary/aromatic N) is 3. The van der Waals surface area contributed by atoms with Crippen molar-refractivity contribution in [2.75, 3.05) is 20.3 Å². The van der Waals surface area contributed by atoms with Gasteiger partial charge >= 0.3 is 5.82 Å². The molecule has 0 unspecified atom stereocenters. The molecule has 1 aromatic rings. The summed E-state index contributed by atoms with van der Waals surface area (Å²) in [5.74, 6) is -0.542. The van der Waals surface area contributed by atoms with E-state index in [9.17, 15) is 14.9 Å². The lowest BCUT2D eigenvalue weighted by molar-refractivity contribution is -0.389. The lowest BCUT2D eigenvalue weighted by Gasteiger charge is -2.02. The molecule has 1 amide bonds. The predicted molar refractivity (Wildman–Crippen MR) is 53.8 cm³/mol. The number of nitro groups is 1. The molecule has 0 aliphatic heterocycles. The fraction of sp³-hybridized carbons (Fsp3) is 0.500. The van der Waals surface area contributed by atoms with E-state index in [1.807, 2.05) is 0 Å². The number of nitrogens with one attached hydrogen (secondary N) is 1. The highest BCUT2D eigenvalue weighted by Crippen LogP contribution is 2.04. The van der Waals surface area contributed by atoms with Gasteiger partial charge in [-0.1, -0.05) is 0 Å². The Balaban J connectivity index is 2.40. The van der Waals surface area contributed by atoms with Crippen molar-refractivity contribution in [3.05, 3.63) is 22.4 Å². The summed E-state index contributed by atoms with van der Waals surface area (Å²) in [7, 11) is 1.53. The van der Waals surface area contributed by atoms with Crippen molar-refractivity contribution in [2.24, 2.45) is 0 Å². The highest BCUT2D eigenvalue weighted by molar-refractivity contribution is 5.75. The minimum absolute atomic E-state index is 0.0441. The van der Waals surface area contributed by atoms with Gasteiger partial charge in [-0.15, -0.1) is 0 Å². The van der Waals surface area contributed by atoms with Gasteiger partial charge in [0, 0.05) is 13.7 Å². The van der Waals surface area contributed by atoms with Gasteiger partial charge in [-0.05, 0) is 4.92 Å². The number of aromatic nitrogens is 2. The Labute approximate surface area is 91.3 Å². The number of rotatable bonds is 6. The number of carbonyl (C=O) groups excluding carboxylic acids is 1. The molecule has 88 valence electrons. The van der Waals surface area contributed by atoms with Crippen LogP contribution in [0.2, 0.25) is 0 Å². The van der Waals surface area contributed by atoms with Crippen LogP contribution in [-0.2, 0) is 16.1 Å². The molecule has 0 aromatic carbocycles. The van der Waals surface area contributed by atoms with E-state index in [0.29, 0.717) is 13.2 Å². The summed E-state index contributed by atoms with van der Waals surface area (Å²) >= 11 is 0. The van der Waals surface area contributed by atoms with E-state index in [-0.39, 0.29) is 18.3 Å². The standard InChI is InChI=1S/C8H12N4O4/c1-16-5-3-9-8(13)6-11-4-2-7(10-11)12(14)15/h2,4H,3,5-6H2,1H3,(H,9,13). The molecule has 1 rings (SSSR count). The first-order valence-electron chi connectivity index (χ1n) is 4.57. The Hall–Kier alpha value is -1.96. The van der Waals surface area contributed by atoms with Gasteiger partial charge in [-0.3, -0.25) is 4.79 Å². The summed E-state index contributed by atoms with van der Waals surface area (Å²) in [6.45, 7) is 0.779. The van der Waals surface area contributed by atoms with Crippen LogP contribution in [0.1, 0.15) is 0 Å². The first-order valence-corrected chi connectivity index (χ1v) is 4.57. The van der Waals surface area contributed by atoms with Crippen molar-refractivity contribution < 1.29 is 14.5 Å². The third-order valence-electron chi connectivity index (χ3n) is 1.75. The van der Waals surface area contributed by atoms with Crippen LogP contribution in [0, 0.1) is 10.1 Å². The summed E-state index contributed by atoms with van der Waals surface area (Å²) in [4.78, 5) is 21.0. The number of methoxy groups -OCH3 is 1. The number of amides is 1. The molecule has 0 aliphatic carbocycles. The number of ether oxygens (including phenoxy) is 1. The van der Waals surface area contributed by atoms with Crippen molar-refractivity contribution in [3.8, 4) is 0 Å². The van der Waals surface area contributed by atoms with Gasteiger partial charge in [0.2, 0.25) is 5.91 Å². The third-order valence-corrected chi connectivity index (χ3v) is 1.75. The molecular formula is C8H12N4O4. The zero-order valence-corrected chi connectivity index (χ0v) is 8.75. The highest BCUT2D eigenvalue weighted by atomic mass is 16.6. The zero-order chi connectivity index (χ0) is 12.0. The number of carbonyl (C=O) groups is 1. The van der Waals surface area contributed by atoms with Crippen LogP contribution in [0.4, 0.5) is 5.82 Å². The van der Waals surface area contributed by atoms with E-state index in [0.717, 1.165) is 0 Å². The monoisotopic (exact) mass is 228 g/mol. The van der Waals surface area contributed by atoms with Gasteiger partial charge in [0.25, 0.3) is 0 Å². The minimum Gasteiger partial charge on any atom is -0.383 e. The molecule has 0 saturated heterocycles. The van der Waals surface area contributed by atoms with E-state index >= 15 is 0 Å². The summed E-state index contributed by atoms with van der Waals surface area (Å²) in [5.41, 5.74) is 0. The second-order valence-electron chi connectivity index (χ2n) is 2.97. The lowest BCUT2D eigenvalue weighted by Crippen LogP contribution is -2.30. The molecule has 0 aliphatic rings. The van der Waals surface area contributed by atoms with Crippen molar-refractivity contribution in [1.29, 1.82) is 0 Å². The van der Waals surface area contributed by atoms with Crippen LogP contribution in [0.3, 0.4) is 0 Å². The van der Waals surface area contributed by atoms with Crippen LogP contribution >= 0.6 is 0 Å². The molecule has 0 atom stereocenters. The smallest absolute Gasteiger partial charge is 0.383 e. The molecular weight excluding hydrogens is 216 g/mol. The maximum atomic E-state index is 11.3. The Bertz CT molecular complexity index is 376. The summed E-state index contributed by atoms with van der Waals surface area (Å²) in [5, 5.41) is 16.5. The van der Waals surface area contributed by atoms with Crippen LogP contribution in [0.25, 0.3) is 0 Å². The average Bonchev–Trinajstić information content (AvgIpc) is 2.66. The SMILES string of the molecule is COCCNC(=O)Cn1ccc([N+](=O)[O-])n1. The molecule has 8 heteroatoms. The van der Waals surface area contributed by atoms with E-state index in [1.165, 1.54) is 24.1 Å². The first-order chi connectivity index (χ1) is 7.63. The molecule has 1 aromatic heterocycles. The van der Waals surface area contributed by atoms with Crippen LogP contribution in [-0.4, -0.2) is 40.9 Å². The van der Waals surface area contributed by atoms with Gasteiger partial charge in [0.15, 0.2) is 0 Å². The molecule has 1 heterocycles. The fourth-order valence-corrected chi connectivity index (χ4v) is 1.03. The van der Waals surface area contributed by atoms with Crippen molar-refractivity contribution in [2.45, 2.75) is 6.54 Å². The molecule has 16 heavy (non-hydrogen) atoms. The third kappa shape index (κ3) is 3.65. The van der Waals surface area contributed by atoms with E-state index in [4.69, 9.17) is 4.74 Å². The molecule has 0 bridgehead atoms. The van der Waals surface area contributed by atoms with E-state index in [1.54, 1.807) is 0 Å². The average molecular weight is 228 g/mol. The van der Waals surface area contributed by atoms with Gasteiger partial charge < -0.3 is 20.2 Å². The Kier molecular flexibility index (Phi) is 4.40. The largest absolute Gasteiger partial charge is 0.389 e. The van der Waals surface area contributed by atoms with Crippen molar-refractivity contribution in [1.82, 2.24) is 15.1 Å². The number of hydrogen-bond acceptors (Lipinski definition) is 5. The molecule has 0 radical (unpaired) electrons. The second kappa shape index (κ2) is 5.81. The minimum atomic E-state index is -0.612. The topological polar surface area (TPSA) is 99.3 Å². The number of hydrogen-bond donors (Lipinski definition) is 1. The van der Waals surface area contributed by atoms with Crippen LogP contribution < -0.4 is 5.32 Å². The Morgan fingerprint density at radius 3 is 3.06 bits per heavy atom. The van der Waals surface area contributed by atoms with Crippen molar-refractivity contribution in [3.63, 3.8) is 0 Å². The molecule has 0 saturated carbocycles. The van der Waals surface area contributed by atoms with Gasteiger partial charge in [-0.2, -0.15) is 4.68 Å². The molecule has 1 N–H and O–H groups in total. The van der Waals surface area contributed by atoms with Crippen molar-refractivity contribution >= 4 is 11.7 Å². The van der Waals surface area contributed by atoms with E-state index < -0.39 is 4.92 Å². The van der Waals surface area contributed by atoms with Gasteiger partial charge in [0.1, 0.15) is 6.54 Å². The quantitative estimate of drug-likeness (QED) is 0.404. The zero-order valence-electron chi connectivity index (χ0n) is 8.75. The summed E-state index contributed by atoms with van der Waals surface area (Å²) in [6, 6.07) is 1.24. The second-order valence-corrected chi connectivity index (χ2v) is 2.97. The predicted octanol–water partition coefficient (Wildman–Crippen LogP) is -0.446. The summed E-state index contributed by atoms with van der Waals surface area (Å²) in [6.07, 6.45) is 1.38. The molecule has 0 fully saturated rings. The van der Waals surface area contributed by atoms with Crippen LogP contribution in [0.5, 0.6) is 0 Å². The van der Waals surface area contributed by atoms with Gasteiger partial charge in [-0.25, -0.2) is 0 Å². The van der Waals surface area contributed by atoms with Crippen LogP contribution in [0.15, 0.2) is 12.3 Å². The van der Waals surface area contributed by atoms with E-state index in [2.05, 4.69) is 10.4 Å². The first kappa shape index (κ1) is 12.1. The fourth-order valence-electron chi connectivity index (χ4n) is 1.03. The summed E-state index contributed by atoms with van der Waals surface area (Å²) < 4.78 is 5.96. The highest BCUT2D eigenvalue weighted by Gasteiger charge is 2.12. The maximum absolute atomic E-state index is 11.3. The normalized spacial score (nSPS) is 10.1. The Morgan fingerprint density at radius 2 is 2.50 bits per heavy atom. The molecule has 8 nitrogen and oxygen atoms in total. The maximum Gasteiger partial charge on any atom is 0.389 e. The Morgan fingerprint density at radius 1 is 1.75 bits per heavy atom. The van der Waals surface area contributed by atoms with Gasteiger partial charge in [0.05, 0.1) is 24.0 Å². The lowest BCUT2D eigenvalue weighted by atomic mass is 10.5. The molecule has 0 spiro atoms.